The first-order chi connectivity index (χ1) is 26.7. The van der Waals surface area contributed by atoms with Crippen molar-refractivity contribution in [2.24, 2.45) is 0 Å². The van der Waals surface area contributed by atoms with Gasteiger partial charge in [-0.25, -0.2) is 0 Å². The van der Waals surface area contributed by atoms with Gasteiger partial charge in [-0.3, -0.25) is 9.59 Å². The topological polar surface area (TPSA) is 34.1 Å². The zero-order chi connectivity index (χ0) is 38.3. The Kier molecular flexibility index (Phi) is 27.7. The average Bonchev–Trinajstić information content (AvgIpc) is 3.81. The molecule has 4 heteroatoms. The molecule has 54 heavy (non-hydrogen) atoms. The first-order valence-corrected chi connectivity index (χ1v) is 25.6. The summed E-state index contributed by atoms with van der Waals surface area (Å²) in [7, 11) is 0. The molecule has 0 bridgehead atoms. The maximum Gasteiger partial charge on any atom is 0.244 e. The van der Waals surface area contributed by atoms with E-state index in [0.717, 1.165) is 24.0 Å². The maximum absolute atomic E-state index is 13.0. The SMILES string of the molecule is CCCCCCCCCCCCCCCCCCCCc1cc2c(s1)C(=O)C(=O)c1sc(CCCCCCCCCCCCCCCCCCCC)cc1-2. The van der Waals surface area contributed by atoms with Crippen molar-refractivity contribution in [2.45, 2.75) is 258 Å². The average molecular weight is 781 g/mol. The first-order valence-electron chi connectivity index (χ1n) is 24.0. The molecule has 2 aromatic rings. The summed E-state index contributed by atoms with van der Waals surface area (Å²) in [6, 6.07) is 4.48. The van der Waals surface area contributed by atoms with Crippen LogP contribution in [0, 0.1) is 0 Å². The van der Waals surface area contributed by atoms with Crippen LogP contribution in [-0.2, 0) is 12.8 Å². The molecule has 3 rings (SSSR count). The van der Waals surface area contributed by atoms with E-state index in [9.17, 15) is 9.59 Å². The lowest BCUT2D eigenvalue weighted by Crippen LogP contribution is -2.17. The number of hydrogen-bond acceptors (Lipinski definition) is 4. The molecule has 0 saturated carbocycles. The molecule has 2 aromatic heterocycles. The number of carbonyl (C=O) groups is 2. The monoisotopic (exact) mass is 781 g/mol. The van der Waals surface area contributed by atoms with E-state index >= 15 is 0 Å². The summed E-state index contributed by atoms with van der Waals surface area (Å²) in [6.45, 7) is 4.59. The quantitative estimate of drug-likeness (QED) is 0.0502. The lowest BCUT2D eigenvalue weighted by Gasteiger charge is -2.08. The first kappa shape index (κ1) is 47.1. The Balaban J connectivity index is 1.17. The van der Waals surface area contributed by atoms with Crippen molar-refractivity contribution >= 4 is 34.2 Å². The van der Waals surface area contributed by atoms with Gasteiger partial charge in [0, 0.05) is 20.9 Å². The van der Waals surface area contributed by atoms with E-state index < -0.39 is 0 Å². The highest BCUT2D eigenvalue weighted by atomic mass is 32.1. The summed E-state index contributed by atoms with van der Waals surface area (Å²) < 4.78 is 0. The van der Waals surface area contributed by atoms with Crippen molar-refractivity contribution in [3.63, 3.8) is 0 Å². The molecule has 0 aromatic carbocycles. The standard InChI is InChI=1S/C50H84O2S2/c1-3-5-7-9-11-13-15-17-19-21-23-25-27-29-31-33-35-37-39-43-41-45-46-42-44(54-50(46)48(52)47(51)49(45)53-43)40-38-36-34-32-30-28-26-24-22-20-18-16-14-12-10-8-6-4-2/h41-42H,3-40H2,1-2H3. The van der Waals surface area contributed by atoms with Crippen molar-refractivity contribution in [1.82, 2.24) is 0 Å². The van der Waals surface area contributed by atoms with Gasteiger partial charge in [0.25, 0.3) is 0 Å². The van der Waals surface area contributed by atoms with Crippen LogP contribution in [0.25, 0.3) is 11.1 Å². The number of fused-ring (bicyclic) bond motifs is 3. The van der Waals surface area contributed by atoms with E-state index in [0.29, 0.717) is 9.75 Å². The van der Waals surface area contributed by atoms with Crippen molar-refractivity contribution in [3.8, 4) is 11.1 Å². The van der Waals surface area contributed by atoms with E-state index in [2.05, 4.69) is 26.0 Å². The second kappa shape index (κ2) is 31.8. The highest BCUT2D eigenvalue weighted by molar-refractivity contribution is 7.19. The lowest BCUT2D eigenvalue weighted by molar-refractivity contribution is 0.0820. The number of Topliss-reactive ketones (excluding diaryl/α,β-unsaturated/α-hetero) is 2. The largest absolute Gasteiger partial charge is 0.284 e. The molecule has 0 amide bonds. The lowest BCUT2D eigenvalue weighted by atomic mass is 9.94. The highest BCUT2D eigenvalue weighted by Crippen LogP contribution is 2.43. The number of thiophene rings is 2. The predicted octanol–water partition coefficient (Wildman–Crippen LogP) is 18.0. The Labute approximate surface area is 342 Å². The van der Waals surface area contributed by atoms with Crippen LogP contribution in [0.2, 0.25) is 0 Å². The van der Waals surface area contributed by atoms with Gasteiger partial charge < -0.3 is 0 Å². The minimum absolute atomic E-state index is 0.270. The third kappa shape index (κ3) is 20.2. The van der Waals surface area contributed by atoms with Gasteiger partial charge in [0.05, 0.1) is 9.75 Å². The van der Waals surface area contributed by atoms with Gasteiger partial charge in [-0.15, -0.1) is 22.7 Å². The van der Waals surface area contributed by atoms with Crippen LogP contribution in [0.4, 0.5) is 0 Å². The van der Waals surface area contributed by atoms with Gasteiger partial charge in [-0.05, 0) is 37.8 Å². The summed E-state index contributed by atoms with van der Waals surface area (Å²) >= 11 is 3.17. The van der Waals surface area contributed by atoms with Crippen LogP contribution in [0.1, 0.15) is 274 Å². The molecule has 0 aliphatic heterocycles. The Morgan fingerprint density at radius 1 is 0.315 bits per heavy atom. The van der Waals surface area contributed by atoms with Crippen LogP contribution >= 0.6 is 22.7 Å². The van der Waals surface area contributed by atoms with E-state index in [1.54, 1.807) is 22.7 Å². The summed E-state index contributed by atoms with van der Waals surface area (Å²) in [4.78, 5) is 30.0. The van der Waals surface area contributed by atoms with E-state index in [-0.39, 0.29) is 11.6 Å². The van der Waals surface area contributed by atoms with Crippen molar-refractivity contribution in [2.75, 3.05) is 0 Å². The highest BCUT2D eigenvalue weighted by Gasteiger charge is 2.34. The Morgan fingerprint density at radius 3 is 0.741 bits per heavy atom. The summed E-state index contributed by atoms with van der Waals surface area (Å²) in [5, 5.41) is 0. The molecular formula is C50H84O2S2. The van der Waals surface area contributed by atoms with Gasteiger partial charge in [0.2, 0.25) is 11.6 Å². The van der Waals surface area contributed by atoms with Gasteiger partial charge in [-0.1, -0.05) is 232 Å². The van der Waals surface area contributed by atoms with Crippen molar-refractivity contribution in [1.29, 1.82) is 0 Å². The molecule has 308 valence electrons. The number of carbonyl (C=O) groups excluding carboxylic acids is 2. The molecule has 0 saturated heterocycles. The summed E-state index contributed by atoms with van der Waals surface area (Å²) in [5.74, 6) is -0.541. The number of ketones is 2. The Bertz CT molecular complexity index is 1130. The smallest absolute Gasteiger partial charge is 0.244 e. The van der Waals surface area contributed by atoms with Crippen LogP contribution in [0.5, 0.6) is 0 Å². The fourth-order valence-electron chi connectivity index (χ4n) is 8.48. The molecule has 2 heterocycles. The van der Waals surface area contributed by atoms with Crippen LogP contribution in [0.3, 0.4) is 0 Å². The molecule has 0 atom stereocenters. The molecule has 0 fully saturated rings. The molecule has 0 unspecified atom stereocenters. The van der Waals surface area contributed by atoms with Gasteiger partial charge in [0.1, 0.15) is 0 Å². The predicted molar refractivity (Wildman–Crippen MR) is 241 cm³/mol. The molecule has 0 radical (unpaired) electrons. The van der Waals surface area contributed by atoms with Crippen LogP contribution in [-0.4, -0.2) is 11.6 Å². The van der Waals surface area contributed by atoms with Crippen molar-refractivity contribution < 1.29 is 9.59 Å². The summed E-state index contributed by atoms with van der Waals surface area (Å²) in [6.07, 6.45) is 52.2. The molecule has 0 N–H and O–H groups in total. The molecule has 2 nitrogen and oxygen atoms in total. The fourth-order valence-corrected chi connectivity index (χ4v) is 10.8. The maximum atomic E-state index is 13.0. The number of rotatable bonds is 38. The molecule has 1 aliphatic carbocycles. The fraction of sp³-hybridized carbons (Fsp3) is 0.800. The minimum Gasteiger partial charge on any atom is -0.284 e. The van der Waals surface area contributed by atoms with Gasteiger partial charge in [0.15, 0.2) is 0 Å². The van der Waals surface area contributed by atoms with Crippen molar-refractivity contribution in [3.05, 3.63) is 31.6 Å². The van der Waals surface area contributed by atoms with Gasteiger partial charge in [-0.2, -0.15) is 0 Å². The van der Waals surface area contributed by atoms with E-state index in [1.165, 1.54) is 241 Å². The van der Waals surface area contributed by atoms with Crippen LogP contribution < -0.4 is 0 Å². The van der Waals surface area contributed by atoms with E-state index in [4.69, 9.17) is 0 Å². The molecule has 1 aliphatic rings. The number of hydrogen-bond donors (Lipinski definition) is 0. The number of unbranched alkanes of at least 4 members (excludes halogenated alkanes) is 34. The molecule has 0 spiro atoms. The Morgan fingerprint density at radius 2 is 0.519 bits per heavy atom. The second-order valence-electron chi connectivity index (χ2n) is 17.1. The third-order valence-electron chi connectivity index (χ3n) is 12.0. The van der Waals surface area contributed by atoms with Crippen LogP contribution in [0.15, 0.2) is 12.1 Å². The Hall–Kier alpha value is -1.26. The van der Waals surface area contributed by atoms with E-state index in [1.807, 2.05) is 0 Å². The minimum atomic E-state index is -0.270. The zero-order valence-corrected chi connectivity index (χ0v) is 37.3. The number of aryl methyl sites for hydroxylation is 2. The summed E-state index contributed by atoms with van der Waals surface area (Å²) in [5.41, 5.74) is 2.08. The molecular weight excluding hydrogens is 697 g/mol. The second-order valence-corrected chi connectivity index (χ2v) is 19.4. The zero-order valence-electron chi connectivity index (χ0n) is 35.7. The van der Waals surface area contributed by atoms with Gasteiger partial charge >= 0.3 is 0 Å². The third-order valence-corrected chi connectivity index (χ3v) is 14.4. The normalized spacial score (nSPS) is 12.6.